The van der Waals surface area contributed by atoms with Crippen molar-refractivity contribution in [3.8, 4) is 17.2 Å². The van der Waals surface area contributed by atoms with Gasteiger partial charge in [0.2, 0.25) is 21.8 Å². The van der Waals surface area contributed by atoms with Crippen molar-refractivity contribution in [2.45, 2.75) is 29.6 Å². The maximum atomic E-state index is 13.1. The zero-order valence-corrected chi connectivity index (χ0v) is 21.4. The minimum absolute atomic E-state index is 0.0108. The monoisotopic (exact) mass is 534 g/mol. The van der Waals surface area contributed by atoms with Gasteiger partial charge in [-0.1, -0.05) is 12.0 Å². The number of amides is 1. The molecule has 1 N–H and O–H groups in total. The number of nitrogens with zero attached hydrogens (tertiary/aromatic N) is 3. The molecule has 1 saturated heterocycles. The van der Waals surface area contributed by atoms with Gasteiger partial charge in [-0.25, -0.2) is 16.8 Å². The average molecular weight is 535 g/mol. The Labute approximate surface area is 209 Å². The third kappa shape index (κ3) is 5.42. The molecule has 1 unspecified atom stereocenters. The van der Waals surface area contributed by atoms with Crippen LogP contribution < -0.4 is 10.1 Å². The van der Waals surface area contributed by atoms with E-state index in [1.54, 1.807) is 31.2 Å². The van der Waals surface area contributed by atoms with E-state index in [4.69, 9.17) is 9.15 Å². The molecule has 4 rings (SSSR count). The van der Waals surface area contributed by atoms with Gasteiger partial charge in [0, 0.05) is 18.7 Å². The minimum atomic E-state index is -3.77. The Morgan fingerprint density at radius 2 is 1.72 bits per heavy atom. The number of anilines is 1. The van der Waals surface area contributed by atoms with E-state index in [1.807, 2.05) is 0 Å². The van der Waals surface area contributed by atoms with Crippen LogP contribution >= 0.6 is 0 Å². The summed E-state index contributed by atoms with van der Waals surface area (Å²) in [5, 5.41) is 10.3. The number of aromatic nitrogens is 2. The predicted octanol–water partition coefficient (Wildman–Crippen LogP) is 2.58. The number of rotatable bonds is 8. The summed E-state index contributed by atoms with van der Waals surface area (Å²) in [7, 11) is -5.60. The van der Waals surface area contributed by atoms with Crippen LogP contribution in [0.5, 0.6) is 5.75 Å². The fourth-order valence-corrected chi connectivity index (χ4v) is 6.25. The van der Waals surface area contributed by atoms with Gasteiger partial charge in [-0.05, 0) is 61.4 Å². The summed E-state index contributed by atoms with van der Waals surface area (Å²) in [6, 6.07) is 12.0. The van der Waals surface area contributed by atoms with Gasteiger partial charge in [0.15, 0.2) is 9.84 Å². The lowest BCUT2D eigenvalue weighted by molar-refractivity contribution is -0.121. The summed E-state index contributed by atoms with van der Waals surface area (Å²) in [6.07, 6.45) is 1.03. The normalized spacial score (nSPS) is 17.0. The number of ether oxygens (including phenoxy) is 1. The van der Waals surface area contributed by atoms with Gasteiger partial charge in [0.05, 0.1) is 28.6 Å². The SMILES string of the molecule is CCS(=O)(=O)c1ccc(-c2nnc(NC(=O)C3CCCN(S(=O)(=O)c4ccc(OC)cc4)C3)o2)cc1. The number of carbonyl (C=O) groups excluding carboxylic acids is 1. The second-order valence-corrected chi connectivity index (χ2v) is 12.4. The highest BCUT2D eigenvalue weighted by Gasteiger charge is 2.34. The van der Waals surface area contributed by atoms with Crippen LogP contribution in [0, 0.1) is 5.92 Å². The number of hydrogen-bond donors (Lipinski definition) is 1. The number of benzene rings is 2. The molecule has 0 aliphatic carbocycles. The van der Waals surface area contributed by atoms with Crippen molar-refractivity contribution < 1.29 is 30.8 Å². The van der Waals surface area contributed by atoms with Crippen LogP contribution in [-0.2, 0) is 24.7 Å². The van der Waals surface area contributed by atoms with Crippen LogP contribution in [0.4, 0.5) is 6.01 Å². The van der Waals surface area contributed by atoms with Gasteiger partial charge in [0.25, 0.3) is 0 Å². The van der Waals surface area contributed by atoms with Crippen molar-refractivity contribution in [1.29, 1.82) is 0 Å². The smallest absolute Gasteiger partial charge is 0.322 e. The number of sulfonamides is 1. The number of methoxy groups -OCH3 is 1. The molecule has 0 bridgehead atoms. The molecule has 36 heavy (non-hydrogen) atoms. The molecule has 0 radical (unpaired) electrons. The highest BCUT2D eigenvalue weighted by molar-refractivity contribution is 7.91. The van der Waals surface area contributed by atoms with Gasteiger partial charge >= 0.3 is 6.01 Å². The molecule has 2 heterocycles. The quantitative estimate of drug-likeness (QED) is 0.460. The van der Waals surface area contributed by atoms with Gasteiger partial charge in [0.1, 0.15) is 5.75 Å². The molecule has 1 atom stereocenters. The largest absolute Gasteiger partial charge is 0.497 e. The van der Waals surface area contributed by atoms with Crippen molar-refractivity contribution in [3.05, 3.63) is 48.5 Å². The fourth-order valence-electron chi connectivity index (χ4n) is 3.84. The summed E-state index contributed by atoms with van der Waals surface area (Å²) in [5.74, 6) is -0.378. The molecule has 1 aliphatic rings. The van der Waals surface area contributed by atoms with Crippen molar-refractivity contribution in [2.75, 3.05) is 31.3 Å². The summed E-state index contributed by atoms with van der Waals surface area (Å²) >= 11 is 0. The molecule has 1 fully saturated rings. The van der Waals surface area contributed by atoms with Crippen LogP contribution in [0.3, 0.4) is 0 Å². The second-order valence-electron chi connectivity index (χ2n) is 8.21. The Morgan fingerprint density at radius 1 is 1.06 bits per heavy atom. The summed E-state index contributed by atoms with van der Waals surface area (Å²) in [4.78, 5) is 13.2. The molecular weight excluding hydrogens is 508 g/mol. The van der Waals surface area contributed by atoms with Crippen LogP contribution in [0.2, 0.25) is 0 Å². The van der Waals surface area contributed by atoms with Gasteiger partial charge in [-0.3, -0.25) is 10.1 Å². The minimum Gasteiger partial charge on any atom is -0.497 e. The molecule has 13 heteroatoms. The van der Waals surface area contributed by atoms with Crippen molar-refractivity contribution in [2.24, 2.45) is 5.92 Å². The summed E-state index contributed by atoms with van der Waals surface area (Å²) < 4.78 is 61.9. The molecule has 1 aliphatic heterocycles. The molecule has 0 saturated carbocycles. The Morgan fingerprint density at radius 3 is 2.36 bits per heavy atom. The molecule has 1 amide bonds. The highest BCUT2D eigenvalue weighted by atomic mass is 32.2. The van der Waals surface area contributed by atoms with E-state index in [9.17, 15) is 21.6 Å². The highest BCUT2D eigenvalue weighted by Crippen LogP contribution is 2.27. The Kier molecular flexibility index (Phi) is 7.43. The lowest BCUT2D eigenvalue weighted by Crippen LogP contribution is -2.43. The molecule has 2 aromatic carbocycles. The van der Waals surface area contributed by atoms with E-state index < -0.39 is 31.7 Å². The Bertz CT molecular complexity index is 1430. The first-order valence-electron chi connectivity index (χ1n) is 11.3. The van der Waals surface area contributed by atoms with E-state index in [0.29, 0.717) is 30.7 Å². The first kappa shape index (κ1) is 25.8. The Balaban J connectivity index is 1.42. The topological polar surface area (TPSA) is 149 Å². The van der Waals surface area contributed by atoms with Crippen molar-refractivity contribution in [1.82, 2.24) is 14.5 Å². The van der Waals surface area contributed by atoms with Crippen molar-refractivity contribution >= 4 is 31.8 Å². The first-order chi connectivity index (χ1) is 17.1. The van der Waals surface area contributed by atoms with Crippen molar-refractivity contribution in [3.63, 3.8) is 0 Å². The van der Waals surface area contributed by atoms with Crippen LogP contribution in [0.1, 0.15) is 19.8 Å². The van der Waals surface area contributed by atoms with Crippen LogP contribution in [0.15, 0.2) is 62.7 Å². The maximum absolute atomic E-state index is 13.1. The van der Waals surface area contributed by atoms with E-state index in [0.717, 1.165) is 0 Å². The van der Waals surface area contributed by atoms with Crippen LogP contribution in [0.25, 0.3) is 11.5 Å². The maximum Gasteiger partial charge on any atom is 0.322 e. The molecule has 11 nitrogen and oxygen atoms in total. The molecule has 0 spiro atoms. The lowest BCUT2D eigenvalue weighted by Gasteiger charge is -2.30. The van der Waals surface area contributed by atoms with Gasteiger partial charge in [-0.2, -0.15) is 4.31 Å². The number of piperidine rings is 1. The van der Waals surface area contributed by atoms with E-state index in [1.165, 1.54) is 35.7 Å². The third-order valence-electron chi connectivity index (χ3n) is 5.95. The van der Waals surface area contributed by atoms with E-state index >= 15 is 0 Å². The zero-order valence-electron chi connectivity index (χ0n) is 19.7. The molecular formula is C23H26N4O7S2. The third-order valence-corrected chi connectivity index (χ3v) is 9.58. The predicted molar refractivity (Wildman–Crippen MR) is 131 cm³/mol. The van der Waals surface area contributed by atoms with E-state index in [2.05, 4.69) is 15.5 Å². The first-order valence-corrected chi connectivity index (χ1v) is 14.3. The number of sulfone groups is 1. The average Bonchev–Trinajstić information content (AvgIpc) is 3.37. The lowest BCUT2D eigenvalue weighted by atomic mass is 9.99. The molecule has 3 aromatic rings. The standard InChI is InChI=1S/C23H26N4O7S2/c1-3-35(29,30)19-10-6-16(7-11-19)22-25-26-23(34-22)24-21(28)17-5-4-14-27(15-17)36(31,32)20-12-8-18(33-2)9-13-20/h6-13,17H,3-5,14-15H2,1-2H3,(H,24,26,28). The second kappa shape index (κ2) is 10.4. The van der Waals surface area contributed by atoms with Gasteiger partial charge in [-0.15, -0.1) is 5.10 Å². The van der Waals surface area contributed by atoms with Gasteiger partial charge < -0.3 is 9.15 Å². The summed E-state index contributed by atoms with van der Waals surface area (Å²) in [5.41, 5.74) is 0.493. The fraction of sp³-hybridized carbons (Fsp3) is 0.348. The zero-order chi connectivity index (χ0) is 25.9. The molecule has 1 aromatic heterocycles. The Hall–Kier alpha value is -3.29. The number of carbonyl (C=O) groups is 1. The summed E-state index contributed by atoms with van der Waals surface area (Å²) in [6.45, 7) is 1.90. The number of hydrogen-bond acceptors (Lipinski definition) is 9. The van der Waals surface area contributed by atoms with Crippen LogP contribution in [-0.4, -0.2) is 63.2 Å². The number of nitrogens with one attached hydrogen (secondary N) is 1. The van der Waals surface area contributed by atoms with E-state index in [-0.39, 0.29) is 34.0 Å². The molecule has 192 valence electrons.